The summed E-state index contributed by atoms with van der Waals surface area (Å²) in [5.74, 6) is -1.88. The number of ether oxygens (including phenoxy) is 1. The number of hydrogen-bond acceptors (Lipinski definition) is 6. The number of anilines is 1. The number of aliphatic carboxylic acids is 1. The van der Waals surface area contributed by atoms with Crippen molar-refractivity contribution in [3.05, 3.63) is 65.7 Å². The van der Waals surface area contributed by atoms with Gasteiger partial charge in [-0.1, -0.05) is 61.2 Å². The predicted molar refractivity (Wildman–Crippen MR) is 122 cm³/mol. The third kappa shape index (κ3) is 8.07. The van der Waals surface area contributed by atoms with Gasteiger partial charge in [-0.05, 0) is 17.7 Å². The van der Waals surface area contributed by atoms with Crippen LogP contribution in [0.3, 0.4) is 0 Å². The molecule has 0 aliphatic heterocycles. The molecule has 0 spiro atoms. The lowest BCUT2D eigenvalue weighted by atomic mass is 10.2. The zero-order valence-corrected chi connectivity index (χ0v) is 18.7. The third-order valence-corrected chi connectivity index (χ3v) is 5.71. The Balaban J connectivity index is 1.79. The van der Waals surface area contributed by atoms with E-state index in [-0.39, 0.29) is 24.1 Å². The van der Waals surface area contributed by atoms with Crippen molar-refractivity contribution in [3.8, 4) is 0 Å². The average Bonchev–Trinajstić information content (AvgIpc) is 2.77. The summed E-state index contributed by atoms with van der Waals surface area (Å²) in [5, 5.41) is 11.8. The highest BCUT2D eigenvalue weighted by molar-refractivity contribution is 8.14. The molecule has 0 heterocycles. The van der Waals surface area contributed by atoms with Crippen molar-refractivity contribution in [2.24, 2.45) is 5.92 Å². The van der Waals surface area contributed by atoms with Crippen LogP contribution in [0, 0.1) is 5.92 Å². The van der Waals surface area contributed by atoms with E-state index in [2.05, 4.69) is 5.32 Å². The Hall–Kier alpha value is -2.84. The van der Waals surface area contributed by atoms with E-state index in [1.165, 1.54) is 0 Å². The molecule has 0 aromatic heterocycles. The van der Waals surface area contributed by atoms with Gasteiger partial charge in [0.1, 0.15) is 0 Å². The second kappa shape index (κ2) is 12.1. The predicted octanol–water partition coefficient (Wildman–Crippen LogP) is 3.05. The smallest absolute Gasteiger partial charge is 0.328 e. The van der Waals surface area contributed by atoms with Crippen molar-refractivity contribution in [2.45, 2.75) is 19.6 Å². The van der Waals surface area contributed by atoms with E-state index in [1.54, 1.807) is 31.2 Å². The van der Waals surface area contributed by atoms with Gasteiger partial charge in [0.25, 0.3) is 0 Å². The zero-order chi connectivity index (χ0) is 22.8. The second-order valence-electron chi connectivity index (χ2n) is 7.34. The van der Waals surface area contributed by atoms with Crippen molar-refractivity contribution in [2.75, 3.05) is 31.4 Å². The average molecular weight is 445 g/mol. The SMILES string of the molecule is C[C@H](CSC(=O)c1ccccc1)C(=O)N[C@@H](COCc1ccc(N(C)C)cc1)C(=O)O. The fraction of sp³-hybridized carbons (Fsp3) is 0.348. The first kappa shape index (κ1) is 24.4. The van der Waals surface area contributed by atoms with Crippen LogP contribution in [0.25, 0.3) is 0 Å². The van der Waals surface area contributed by atoms with E-state index in [0.717, 1.165) is 23.0 Å². The number of hydrogen-bond donors (Lipinski definition) is 2. The molecule has 0 saturated carbocycles. The second-order valence-corrected chi connectivity index (χ2v) is 8.33. The van der Waals surface area contributed by atoms with E-state index < -0.39 is 23.8 Å². The fourth-order valence-corrected chi connectivity index (χ4v) is 3.46. The first-order valence-electron chi connectivity index (χ1n) is 9.87. The van der Waals surface area contributed by atoms with E-state index in [9.17, 15) is 19.5 Å². The van der Waals surface area contributed by atoms with Crippen LogP contribution in [0.1, 0.15) is 22.8 Å². The van der Waals surface area contributed by atoms with Gasteiger partial charge in [-0.25, -0.2) is 4.79 Å². The molecule has 2 aromatic rings. The van der Waals surface area contributed by atoms with E-state index >= 15 is 0 Å². The van der Waals surface area contributed by atoms with Crippen molar-refractivity contribution in [1.82, 2.24) is 5.32 Å². The van der Waals surface area contributed by atoms with Gasteiger partial charge in [0.05, 0.1) is 13.2 Å². The Morgan fingerprint density at radius 1 is 1.06 bits per heavy atom. The number of thioether (sulfide) groups is 1. The van der Waals surface area contributed by atoms with Gasteiger partial charge in [-0.15, -0.1) is 0 Å². The molecule has 0 unspecified atom stereocenters. The monoisotopic (exact) mass is 444 g/mol. The summed E-state index contributed by atoms with van der Waals surface area (Å²) in [6.07, 6.45) is 0. The van der Waals surface area contributed by atoms with Crippen LogP contribution >= 0.6 is 11.8 Å². The normalized spacial score (nSPS) is 12.6. The number of carboxylic acids is 1. The highest BCUT2D eigenvalue weighted by Gasteiger charge is 2.24. The molecule has 8 heteroatoms. The van der Waals surface area contributed by atoms with Crippen LogP contribution in [0.4, 0.5) is 5.69 Å². The zero-order valence-electron chi connectivity index (χ0n) is 17.9. The Bertz CT molecular complexity index is 871. The quantitative estimate of drug-likeness (QED) is 0.550. The number of amides is 1. The Morgan fingerprint density at radius 2 is 1.71 bits per heavy atom. The molecule has 0 fully saturated rings. The summed E-state index contributed by atoms with van der Waals surface area (Å²) in [6, 6.07) is 15.4. The molecule has 0 bridgehead atoms. The Kier molecular flexibility index (Phi) is 9.55. The van der Waals surface area contributed by atoms with Gasteiger partial charge in [-0.2, -0.15) is 0 Å². The van der Waals surface area contributed by atoms with Gasteiger partial charge in [0.2, 0.25) is 11.0 Å². The van der Waals surface area contributed by atoms with E-state index in [4.69, 9.17) is 4.74 Å². The third-order valence-electron chi connectivity index (χ3n) is 4.54. The molecule has 31 heavy (non-hydrogen) atoms. The summed E-state index contributed by atoms with van der Waals surface area (Å²) in [5.41, 5.74) is 2.53. The first-order valence-corrected chi connectivity index (χ1v) is 10.9. The fourth-order valence-electron chi connectivity index (χ4n) is 2.61. The first-order chi connectivity index (χ1) is 14.8. The van der Waals surface area contributed by atoms with Crippen LogP contribution < -0.4 is 10.2 Å². The maximum Gasteiger partial charge on any atom is 0.328 e. The minimum Gasteiger partial charge on any atom is -0.480 e. The highest BCUT2D eigenvalue weighted by atomic mass is 32.2. The summed E-state index contributed by atoms with van der Waals surface area (Å²) in [4.78, 5) is 38.0. The van der Waals surface area contributed by atoms with Crippen LogP contribution in [0.2, 0.25) is 0 Å². The molecular formula is C23H28N2O5S. The maximum atomic E-state index is 12.4. The van der Waals surface area contributed by atoms with Crippen LogP contribution in [-0.2, 0) is 20.9 Å². The molecule has 0 saturated heterocycles. The van der Waals surface area contributed by atoms with Crippen molar-refractivity contribution < 1.29 is 24.2 Å². The Morgan fingerprint density at radius 3 is 2.29 bits per heavy atom. The number of benzene rings is 2. The van der Waals surface area contributed by atoms with Crippen molar-refractivity contribution in [1.29, 1.82) is 0 Å². The largest absolute Gasteiger partial charge is 0.480 e. The van der Waals surface area contributed by atoms with Gasteiger partial charge >= 0.3 is 5.97 Å². The lowest BCUT2D eigenvalue weighted by molar-refractivity contribution is -0.144. The summed E-state index contributed by atoms with van der Waals surface area (Å²) in [7, 11) is 3.89. The molecule has 2 N–H and O–H groups in total. The Labute approximate surface area is 186 Å². The van der Waals surface area contributed by atoms with Gasteiger partial charge < -0.3 is 20.1 Å². The van der Waals surface area contributed by atoms with Crippen LogP contribution in [0.15, 0.2) is 54.6 Å². The number of carbonyl (C=O) groups excluding carboxylic acids is 2. The number of carboxylic acid groups (broad SMARTS) is 1. The minimum atomic E-state index is -1.17. The standard InChI is InChI=1S/C23H28N2O5S/c1-16(15-31-23(29)18-7-5-4-6-8-18)21(26)24-20(22(27)28)14-30-13-17-9-11-19(12-10-17)25(2)3/h4-12,16,20H,13-15H2,1-3H3,(H,24,26)(H,27,28)/t16-,20+/m1/s1. The van der Waals surface area contributed by atoms with E-state index in [0.29, 0.717) is 5.56 Å². The molecule has 2 rings (SSSR count). The summed E-state index contributed by atoms with van der Waals surface area (Å²) < 4.78 is 5.51. The highest BCUT2D eigenvalue weighted by Crippen LogP contribution is 2.16. The number of rotatable bonds is 11. The van der Waals surface area contributed by atoms with Gasteiger partial charge in [-0.3, -0.25) is 9.59 Å². The molecule has 0 radical (unpaired) electrons. The minimum absolute atomic E-state index is 0.126. The van der Waals surface area contributed by atoms with Gasteiger partial charge in [0, 0.05) is 37.0 Å². The van der Waals surface area contributed by atoms with Crippen LogP contribution in [-0.4, -0.2) is 54.6 Å². The summed E-state index contributed by atoms with van der Waals surface area (Å²) in [6.45, 7) is 1.75. The topological polar surface area (TPSA) is 95.9 Å². The molecule has 1 amide bonds. The molecule has 7 nitrogen and oxygen atoms in total. The number of carbonyl (C=O) groups is 3. The molecular weight excluding hydrogens is 416 g/mol. The number of nitrogens with one attached hydrogen (secondary N) is 1. The van der Waals surface area contributed by atoms with Crippen LogP contribution in [0.5, 0.6) is 0 Å². The molecule has 2 aromatic carbocycles. The number of nitrogens with zero attached hydrogens (tertiary/aromatic N) is 1. The van der Waals surface area contributed by atoms with Gasteiger partial charge in [0.15, 0.2) is 6.04 Å². The summed E-state index contributed by atoms with van der Waals surface area (Å²) >= 11 is 1.04. The van der Waals surface area contributed by atoms with E-state index in [1.807, 2.05) is 49.3 Å². The van der Waals surface area contributed by atoms with Crippen molar-refractivity contribution in [3.63, 3.8) is 0 Å². The lowest BCUT2D eigenvalue weighted by Gasteiger charge is -2.18. The molecule has 2 atom stereocenters. The molecule has 0 aliphatic carbocycles. The molecule has 166 valence electrons. The maximum absolute atomic E-state index is 12.4. The molecule has 0 aliphatic rings. The lowest BCUT2D eigenvalue weighted by Crippen LogP contribution is -2.46. The van der Waals surface area contributed by atoms with Crippen molar-refractivity contribution >= 4 is 34.4 Å².